The maximum absolute atomic E-state index is 13.6. The fourth-order valence-electron chi connectivity index (χ4n) is 2.63. The minimum absolute atomic E-state index is 0.0271. The van der Waals surface area contributed by atoms with E-state index in [4.69, 9.17) is 0 Å². The first-order valence-electron chi connectivity index (χ1n) is 7.06. The monoisotopic (exact) mass is 331 g/mol. The largest absolute Gasteiger partial charge is 0.478 e. The van der Waals surface area contributed by atoms with Gasteiger partial charge in [0.2, 0.25) is 0 Å². The molecule has 3 rings (SSSR count). The number of carbonyl (C=O) groups is 1. The summed E-state index contributed by atoms with van der Waals surface area (Å²) in [6.45, 7) is 0. The smallest absolute Gasteiger partial charge is 0.432 e. The van der Waals surface area contributed by atoms with Gasteiger partial charge in [0.25, 0.3) is 0 Å². The second-order valence-corrected chi connectivity index (χ2v) is 5.14. The lowest BCUT2D eigenvalue weighted by molar-refractivity contribution is -0.142. The molecule has 0 fully saturated rings. The van der Waals surface area contributed by atoms with Crippen LogP contribution in [0.3, 0.4) is 0 Å². The summed E-state index contributed by atoms with van der Waals surface area (Å²) in [5.74, 6) is -1.61. The third-order valence-electron chi connectivity index (χ3n) is 3.61. The first kappa shape index (κ1) is 15.9. The topological polar surface area (TPSA) is 42.2 Å². The van der Waals surface area contributed by atoms with Crippen LogP contribution in [-0.2, 0) is 6.18 Å². The van der Waals surface area contributed by atoms with Gasteiger partial charge in [-0.25, -0.2) is 4.79 Å². The highest BCUT2D eigenvalue weighted by atomic mass is 19.4. The van der Waals surface area contributed by atoms with E-state index in [0.717, 1.165) is 4.57 Å². The number of alkyl halides is 3. The van der Waals surface area contributed by atoms with Gasteiger partial charge in [0.1, 0.15) is 5.69 Å². The summed E-state index contributed by atoms with van der Waals surface area (Å²) in [7, 11) is 0. The Morgan fingerprint density at radius 2 is 1.46 bits per heavy atom. The second-order valence-electron chi connectivity index (χ2n) is 5.14. The number of carboxylic acids is 1. The molecule has 0 aliphatic heterocycles. The van der Waals surface area contributed by atoms with Crippen molar-refractivity contribution in [3.05, 3.63) is 78.1 Å². The van der Waals surface area contributed by atoms with Crippen LogP contribution in [0.5, 0.6) is 0 Å². The second kappa shape index (κ2) is 5.88. The summed E-state index contributed by atoms with van der Waals surface area (Å²) in [4.78, 5) is 11.6. The summed E-state index contributed by atoms with van der Waals surface area (Å²) >= 11 is 0. The Balaban J connectivity index is 2.37. The molecule has 0 saturated heterocycles. The Kier molecular flexibility index (Phi) is 3.89. The van der Waals surface area contributed by atoms with Crippen molar-refractivity contribution in [1.82, 2.24) is 4.57 Å². The Morgan fingerprint density at radius 3 is 1.96 bits per heavy atom. The molecule has 3 aromatic rings. The molecule has 0 radical (unpaired) electrons. The number of carboxylic acid groups (broad SMARTS) is 1. The number of aromatic carboxylic acids is 1. The number of hydrogen-bond acceptors (Lipinski definition) is 1. The van der Waals surface area contributed by atoms with Crippen LogP contribution in [0.2, 0.25) is 0 Å². The van der Waals surface area contributed by atoms with E-state index in [2.05, 4.69) is 0 Å². The quantitative estimate of drug-likeness (QED) is 0.744. The molecule has 24 heavy (non-hydrogen) atoms. The van der Waals surface area contributed by atoms with E-state index in [1.807, 2.05) is 0 Å². The van der Waals surface area contributed by atoms with Gasteiger partial charge >= 0.3 is 12.1 Å². The van der Waals surface area contributed by atoms with E-state index >= 15 is 0 Å². The summed E-state index contributed by atoms with van der Waals surface area (Å²) in [6.07, 6.45) is -3.59. The highest BCUT2D eigenvalue weighted by Crippen LogP contribution is 2.40. The van der Waals surface area contributed by atoms with Crippen LogP contribution in [0.25, 0.3) is 16.8 Å². The van der Waals surface area contributed by atoms with Crippen molar-refractivity contribution in [2.45, 2.75) is 6.18 Å². The maximum atomic E-state index is 13.6. The Hall–Kier alpha value is -3.02. The summed E-state index contributed by atoms with van der Waals surface area (Å²) < 4.78 is 41.7. The van der Waals surface area contributed by atoms with Crippen LogP contribution in [0, 0.1) is 0 Å². The first-order chi connectivity index (χ1) is 11.4. The molecular weight excluding hydrogens is 319 g/mol. The zero-order valence-corrected chi connectivity index (χ0v) is 12.3. The Bertz CT molecular complexity index is 869. The number of nitrogens with zero attached hydrogens (tertiary/aromatic N) is 1. The molecule has 0 aliphatic carbocycles. The summed E-state index contributed by atoms with van der Waals surface area (Å²) in [5, 5.41) is 9.42. The van der Waals surface area contributed by atoms with Crippen LogP contribution in [0.15, 0.2) is 66.9 Å². The molecule has 6 heteroatoms. The Labute approximate surface area is 135 Å². The summed E-state index contributed by atoms with van der Waals surface area (Å²) in [5.41, 5.74) is -1.26. The van der Waals surface area contributed by atoms with Gasteiger partial charge in [-0.15, -0.1) is 0 Å². The van der Waals surface area contributed by atoms with Crippen LogP contribution in [-0.4, -0.2) is 15.6 Å². The molecule has 0 unspecified atom stereocenters. The van der Waals surface area contributed by atoms with Gasteiger partial charge in [0.15, 0.2) is 0 Å². The molecule has 0 spiro atoms. The molecule has 122 valence electrons. The number of halogens is 3. The first-order valence-corrected chi connectivity index (χ1v) is 7.06. The van der Waals surface area contributed by atoms with Crippen molar-refractivity contribution in [1.29, 1.82) is 0 Å². The summed E-state index contributed by atoms with van der Waals surface area (Å²) in [6, 6.07) is 16.0. The van der Waals surface area contributed by atoms with Gasteiger partial charge in [0, 0.05) is 17.4 Å². The fourth-order valence-corrected chi connectivity index (χ4v) is 2.63. The maximum Gasteiger partial charge on any atom is 0.432 e. The van der Waals surface area contributed by atoms with Crippen molar-refractivity contribution in [3.8, 4) is 16.8 Å². The van der Waals surface area contributed by atoms with Crippen LogP contribution >= 0.6 is 0 Å². The molecule has 0 aliphatic rings. The average Bonchev–Trinajstić information content (AvgIpc) is 2.97. The minimum Gasteiger partial charge on any atom is -0.478 e. The zero-order chi connectivity index (χ0) is 17.3. The highest BCUT2D eigenvalue weighted by Gasteiger charge is 2.41. The van der Waals surface area contributed by atoms with Crippen molar-refractivity contribution >= 4 is 5.97 Å². The predicted molar refractivity (Wildman–Crippen MR) is 83.2 cm³/mol. The SMILES string of the molecule is O=C(O)c1c(-c2ccccc2)cn(-c2ccccc2)c1C(F)(F)F. The van der Waals surface area contributed by atoms with Crippen molar-refractivity contribution in [2.24, 2.45) is 0 Å². The Morgan fingerprint density at radius 1 is 0.917 bits per heavy atom. The van der Waals surface area contributed by atoms with Gasteiger partial charge in [0.05, 0.1) is 5.56 Å². The minimum atomic E-state index is -4.81. The normalized spacial score (nSPS) is 11.5. The standard InChI is InChI=1S/C18H12F3NO2/c19-18(20,21)16-15(17(23)24)14(12-7-3-1-4-8-12)11-22(16)13-9-5-2-6-10-13/h1-11H,(H,23,24). The molecule has 0 saturated carbocycles. The van der Waals surface area contributed by atoms with Crippen molar-refractivity contribution in [3.63, 3.8) is 0 Å². The molecule has 0 bridgehead atoms. The molecule has 0 atom stereocenters. The molecule has 0 amide bonds. The molecule has 3 nitrogen and oxygen atoms in total. The van der Waals surface area contributed by atoms with E-state index in [0.29, 0.717) is 5.56 Å². The molecular formula is C18H12F3NO2. The van der Waals surface area contributed by atoms with Gasteiger partial charge in [-0.2, -0.15) is 13.2 Å². The third kappa shape index (κ3) is 2.78. The molecule has 2 aromatic carbocycles. The van der Waals surface area contributed by atoms with E-state index in [1.54, 1.807) is 48.5 Å². The van der Waals surface area contributed by atoms with E-state index in [9.17, 15) is 23.1 Å². The molecule has 1 aromatic heterocycles. The van der Waals surface area contributed by atoms with Gasteiger partial charge in [-0.05, 0) is 17.7 Å². The number of hydrogen-bond donors (Lipinski definition) is 1. The lowest BCUT2D eigenvalue weighted by Gasteiger charge is -2.13. The molecule has 1 N–H and O–H groups in total. The average molecular weight is 331 g/mol. The van der Waals surface area contributed by atoms with Crippen molar-refractivity contribution < 1.29 is 23.1 Å². The lowest BCUT2D eigenvalue weighted by Crippen LogP contribution is -2.16. The lowest BCUT2D eigenvalue weighted by atomic mass is 10.0. The highest BCUT2D eigenvalue weighted by molar-refractivity contribution is 5.98. The number of rotatable bonds is 3. The number of aromatic nitrogens is 1. The van der Waals surface area contributed by atoms with Gasteiger partial charge in [-0.3, -0.25) is 0 Å². The van der Waals surface area contributed by atoms with Crippen molar-refractivity contribution in [2.75, 3.05) is 0 Å². The van der Waals surface area contributed by atoms with Gasteiger partial charge < -0.3 is 9.67 Å². The van der Waals surface area contributed by atoms with Crippen LogP contribution in [0.4, 0.5) is 13.2 Å². The van der Waals surface area contributed by atoms with E-state index in [1.165, 1.54) is 18.3 Å². The van der Waals surface area contributed by atoms with Crippen LogP contribution in [0.1, 0.15) is 16.1 Å². The van der Waals surface area contributed by atoms with E-state index < -0.39 is 23.4 Å². The third-order valence-corrected chi connectivity index (χ3v) is 3.61. The number of benzene rings is 2. The van der Waals surface area contributed by atoms with Crippen LogP contribution < -0.4 is 0 Å². The predicted octanol–water partition coefficient (Wildman–Crippen LogP) is 4.86. The molecule has 1 heterocycles. The number of para-hydroxylation sites is 1. The zero-order valence-electron chi connectivity index (χ0n) is 12.3. The van der Waals surface area contributed by atoms with Gasteiger partial charge in [-0.1, -0.05) is 48.5 Å². The fraction of sp³-hybridized carbons (Fsp3) is 0.0556. The van der Waals surface area contributed by atoms with E-state index in [-0.39, 0.29) is 11.3 Å².